The van der Waals surface area contributed by atoms with Crippen molar-refractivity contribution in [3.8, 4) is 5.75 Å². The second kappa shape index (κ2) is 12.9. The van der Waals surface area contributed by atoms with Gasteiger partial charge in [-0.05, 0) is 60.9 Å². The number of carboxylic acids is 1. The van der Waals surface area contributed by atoms with Gasteiger partial charge in [-0.15, -0.1) is 0 Å². The highest BCUT2D eigenvalue weighted by Crippen LogP contribution is 2.42. The predicted octanol–water partition coefficient (Wildman–Crippen LogP) is 3.74. The number of halogens is 4. The Morgan fingerprint density at radius 3 is 2.44 bits per heavy atom. The Bertz CT molecular complexity index is 1350. The molecule has 41 heavy (non-hydrogen) atoms. The van der Waals surface area contributed by atoms with E-state index in [0.717, 1.165) is 19.9 Å². The number of benzene rings is 2. The minimum absolute atomic E-state index is 0.0313. The van der Waals surface area contributed by atoms with Gasteiger partial charge in [-0.3, -0.25) is 19.4 Å². The molecule has 0 bridgehead atoms. The second-order valence-electron chi connectivity index (χ2n) is 10.5. The van der Waals surface area contributed by atoms with Crippen molar-refractivity contribution >= 4 is 35.1 Å². The number of amidine groups is 1. The van der Waals surface area contributed by atoms with Crippen molar-refractivity contribution in [2.75, 3.05) is 19.6 Å². The molecule has 0 spiro atoms. The Hall–Kier alpha value is -3.64. The zero-order valence-corrected chi connectivity index (χ0v) is 23.1. The van der Waals surface area contributed by atoms with Gasteiger partial charge in [0.2, 0.25) is 0 Å². The Kier molecular flexibility index (Phi) is 10.0. The smallest absolute Gasteiger partial charge is 0.397 e. The van der Waals surface area contributed by atoms with Gasteiger partial charge in [0.05, 0.1) is 31.0 Å². The second-order valence-corrected chi connectivity index (χ2v) is 10.9. The Labute approximate surface area is 239 Å². The molecule has 0 aromatic heterocycles. The number of ketones is 1. The summed E-state index contributed by atoms with van der Waals surface area (Å²) in [6.07, 6.45) is -5.85. The fraction of sp³-hybridized carbons (Fsp3) is 0.429. The monoisotopic (exact) mass is 597 g/mol. The Morgan fingerprint density at radius 2 is 1.83 bits per heavy atom. The van der Waals surface area contributed by atoms with Crippen LogP contribution in [0.3, 0.4) is 0 Å². The van der Waals surface area contributed by atoms with Crippen LogP contribution in [0.15, 0.2) is 41.4 Å². The summed E-state index contributed by atoms with van der Waals surface area (Å²) in [6.45, 7) is 2.04. The molecule has 222 valence electrons. The van der Waals surface area contributed by atoms with E-state index in [4.69, 9.17) is 11.6 Å². The van der Waals surface area contributed by atoms with Crippen LogP contribution in [-0.2, 0) is 21.4 Å². The van der Waals surface area contributed by atoms with E-state index in [9.17, 15) is 42.9 Å². The molecular formula is C28H31ClF3N3O6. The lowest BCUT2D eigenvalue weighted by molar-refractivity contribution is -0.180. The summed E-state index contributed by atoms with van der Waals surface area (Å²) in [5.41, 5.74) is -1.66. The average Bonchev–Trinajstić information content (AvgIpc) is 2.86. The summed E-state index contributed by atoms with van der Waals surface area (Å²) in [5.74, 6) is -3.09. The van der Waals surface area contributed by atoms with Gasteiger partial charge in [-0.25, -0.2) is 0 Å². The van der Waals surface area contributed by atoms with Gasteiger partial charge in [-0.2, -0.15) is 13.2 Å². The van der Waals surface area contributed by atoms with E-state index in [0.29, 0.717) is 17.9 Å². The van der Waals surface area contributed by atoms with Crippen LogP contribution in [0.4, 0.5) is 13.2 Å². The van der Waals surface area contributed by atoms with Crippen molar-refractivity contribution in [1.29, 1.82) is 0 Å². The maximum atomic E-state index is 13.6. The van der Waals surface area contributed by atoms with Crippen molar-refractivity contribution in [2.45, 2.75) is 56.7 Å². The van der Waals surface area contributed by atoms with E-state index in [2.05, 4.69) is 15.6 Å². The minimum atomic E-state index is -4.61. The molecular weight excluding hydrogens is 567 g/mol. The third-order valence-electron chi connectivity index (χ3n) is 6.81. The number of aliphatic imine (C=N–C) groups is 1. The molecule has 2 aromatic carbocycles. The molecule has 9 nitrogen and oxygen atoms in total. The minimum Gasteiger partial charge on any atom is -0.508 e. The first-order valence-corrected chi connectivity index (χ1v) is 13.1. The molecule has 0 radical (unpaired) electrons. The lowest BCUT2D eigenvalue weighted by Gasteiger charge is -2.29. The maximum absolute atomic E-state index is 13.6. The van der Waals surface area contributed by atoms with Crippen molar-refractivity contribution in [3.05, 3.63) is 63.7 Å². The molecule has 0 saturated carbocycles. The molecule has 0 fully saturated rings. The first kappa shape index (κ1) is 31.9. The predicted molar refractivity (Wildman–Crippen MR) is 146 cm³/mol. The van der Waals surface area contributed by atoms with E-state index in [1.54, 1.807) is 0 Å². The lowest BCUT2D eigenvalue weighted by Crippen LogP contribution is -2.39. The van der Waals surface area contributed by atoms with E-state index in [1.807, 2.05) is 0 Å². The van der Waals surface area contributed by atoms with Crippen LogP contribution in [-0.4, -0.2) is 70.7 Å². The summed E-state index contributed by atoms with van der Waals surface area (Å²) in [5, 5.41) is 34.4. The van der Waals surface area contributed by atoms with Gasteiger partial charge in [0.1, 0.15) is 11.6 Å². The summed E-state index contributed by atoms with van der Waals surface area (Å²) < 4.78 is 40.9. The van der Waals surface area contributed by atoms with E-state index < -0.39 is 54.2 Å². The topological polar surface area (TPSA) is 148 Å². The summed E-state index contributed by atoms with van der Waals surface area (Å²) in [4.78, 5) is 41.2. The fourth-order valence-electron chi connectivity index (χ4n) is 4.31. The number of carboxylic acid groups (broad SMARTS) is 1. The van der Waals surface area contributed by atoms with Crippen LogP contribution in [0.25, 0.3) is 0 Å². The van der Waals surface area contributed by atoms with E-state index in [-0.39, 0.29) is 46.8 Å². The number of β-amino-alcohol motifs (C(OH)–C–C–N with tert-alkyl or cyclic N) is 1. The van der Waals surface area contributed by atoms with E-state index >= 15 is 0 Å². The van der Waals surface area contributed by atoms with Crippen LogP contribution in [0.1, 0.15) is 59.7 Å². The van der Waals surface area contributed by atoms with Crippen LogP contribution in [0.2, 0.25) is 5.02 Å². The maximum Gasteiger partial charge on any atom is 0.397 e. The number of nitrogens with zero attached hydrogens (tertiary/aromatic N) is 1. The highest BCUT2D eigenvalue weighted by molar-refractivity contribution is 6.30. The fourth-order valence-corrected chi connectivity index (χ4v) is 4.55. The Morgan fingerprint density at radius 1 is 1.12 bits per heavy atom. The van der Waals surface area contributed by atoms with Crippen molar-refractivity contribution in [3.63, 3.8) is 0 Å². The first-order valence-electron chi connectivity index (χ1n) is 12.7. The summed E-state index contributed by atoms with van der Waals surface area (Å²) >= 11 is 6.09. The highest BCUT2D eigenvalue weighted by atomic mass is 35.5. The number of Topliss-reactive ketones (excluding diaryl/α,β-unsaturated/α-hetero) is 1. The van der Waals surface area contributed by atoms with Crippen LogP contribution in [0.5, 0.6) is 5.75 Å². The number of carbonyl (C=O) groups is 3. The number of carbonyl (C=O) groups excluding carboxylic acids is 2. The number of hydrogen-bond acceptors (Lipinski definition) is 7. The number of aliphatic hydroxyl groups excluding tert-OH is 1. The molecule has 0 aliphatic carbocycles. The van der Waals surface area contributed by atoms with Gasteiger partial charge < -0.3 is 26.0 Å². The van der Waals surface area contributed by atoms with Gasteiger partial charge in [0, 0.05) is 35.9 Å². The van der Waals surface area contributed by atoms with Crippen molar-refractivity contribution in [1.82, 2.24) is 10.6 Å². The molecule has 2 atom stereocenters. The molecule has 1 aliphatic rings. The number of phenols is 1. The normalized spacial score (nSPS) is 16.4. The molecule has 13 heteroatoms. The van der Waals surface area contributed by atoms with Crippen LogP contribution >= 0.6 is 11.6 Å². The lowest BCUT2D eigenvalue weighted by atomic mass is 9.81. The van der Waals surface area contributed by atoms with Crippen LogP contribution < -0.4 is 10.6 Å². The SMILES string of the molecule is CC(C)(c1cc(Cl)cc([C@H](CC(=O)O)CC(=O)CNC(=O)c2cc(O)cc(CC3=NCC(O)CN3)c2)c1)C(F)(F)F. The number of phenolic OH excluding ortho intramolecular Hbond substituents is 1. The average molecular weight is 598 g/mol. The molecule has 3 rings (SSSR count). The molecule has 2 aromatic rings. The Balaban J connectivity index is 1.71. The molecule has 1 aliphatic heterocycles. The number of aliphatic hydroxyl groups is 1. The van der Waals surface area contributed by atoms with Crippen LogP contribution in [0, 0.1) is 0 Å². The number of aliphatic carboxylic acids is 1. The molecule has 0 saturated heterocycles. The summed E-state index contributed by atoms with van der Waals surface area (Å²) in [7, 11) is 0. The number of hydrogen-bond donors (Lipinski definition) is 5. The van der Waals surface area contributed by atoms with Gasteiger partial charge >= 0.3 is 12.1 Å². The molecule has 1 heterocycles. The number of amides is 1. The molecule has 5 N–H and O–H groups in total. The summed E-state index contributed by atoms with van der Waals surface area (Å²) in [6, 6.07) is 7.87. The van der Waals surface area contributed by atoms with Gasteiger partial charge in [0.25, 0.3) is 5.91 Å². The van der Waals surface area contributed by atoms with Gasteiger partial charge in [0.15, 0.2) is 5.78 Å². The zero-order valence-electron chi connectivity index (χ0n) is 22.4. The van der Waals surface area contributed by atoms with Crippen molar-refractivity contribution in [2.24, 2.45) is 4.99 Å². The largest absolute Gasteiger partial charge is 0.508 e. The van der Waals surface area contributed by atoms with Gasteiger partial charge in [-0.1, -0.05) is 17.7 Å². The zero-order chi connectivity index (χ0) is 30.5. The standard InChI is InChI=1S/C28H31ClF3N3O6/c1-27(2,28(30,31)32)19-6-16(7-20(29)11-19)17(10-25(39)40)8-22(37)12-35-26(41)18-3-15(4-21(36)9-18)5-24-33-13-23(38)14-34-24/h3-4,6-7,9,11,17,23,36,38H,5,8,10,12-14H2,1-2H3,(H,33,34)(H,35,41)(H,39,40)/t17-/m0/s1. The third kappa shape index (κ3) is 8.67. The number of alkyl halides is 3. The third-order valence-corrected chi connectivity index (χ3v) is 7.03. The first-order chi connectivity index (χ1) is 19.0. The number of nitrogens with one attached hydrogen (secondary N) is 2. The highest BCUT2D eigenvalue weighted by Gasteiger charge is 2.48. The molecule has 1 amide bonds. The van der Waals surface area contributed by atoms with E-state index in [1.165, 1.54) is 30.3 Å². The quantitative estimate of drug-likeness (QED) is 0.265. The van der Waals surface area contributed by atoms with Crippen molar-refractivity contribution < 1.29 is 42.9 Å². The number of rotatable bonds is 11. The number of aromatic hydroxyl groups is 1. The molecule has 1 unspecified atom stereocenters.